The van der Waals surface area contributed by atoms with Crippen molar-refractivity contribution >= 4 is 16.7 Å². The summed E-state index contributed by atoms with van der Waals surface area (Å²) in [6.07, 6.45) is 2.22. The molecule has 0 saturated heterocycles. The van der Waals surface area contributed by atoms with Crippen molar-refractivity contribution in [1.82, 2.24) is 9.97 Å². The van der Waals surface area contributed by atoms with Gasteiger partial charge >= 0.3 is 0 Å². The molecule has 0 saturated carbocycles. The van der Waals surface area contributed by atoms with E-state index in [0.29, 0.717) is 23.3 Å². The maximum Gasteiger partial charge on any atom is 0.149 e. The van der Waals surface area contributed by atoms with Crippen LogP contribution in [0.25, 0.3) is 10.9 Å². The highest BCUT2D eigenvalue weighted by Crippen LogP contribution is 2.37. The lowest BCUT2D eigenvalue weighted by Crippen LogP contribution is -2.21. The van der Waals surface area contributed by atoms with Crippen molar-refractivity contribution in [3.05, 3.63) is 59.7 Å². The molecular weight excluding hydrogens is 293 g/mol. The molecule has 0 amide bonds. The average Bonchev–Trinajstić information content (AvgIpc) is 2.57. The van der Waals surface area contributed by atoms with Gasteiger partial charge in [0.25, 0.3) is 0 Å². The van der Waals surface area contributed by atoms with Crippen molar-refractivity contribution in [2.24, 2.45) is 0 Å². The van der Waals surface area contributed by atoms with Gasteiger partial charge in [-0.25, -0.2) is 14.4 Å². The quantitative estimate of drug-likeness (QED) is 0.777. The van der Waals surface area contributed by atoms with Crippen LogP contribution in [0, 0.1) is 12.7 Å². The van der Waals surface area contributed by atoms with E-state index in [0.717, 1.165) is 23.3 Å². The average molecular weight is 309 g/mol. The predicted octanol–water partition coefficient (Wildman–Crippen LogP) is 4.01. The van der Waals surface area contributed by atoms with Crippen molar-refractivity contribution in [3.63, 3.8) is 0 Å². The first-order chi connectivity index (χ1) is 11.2. The number of hydrogen-bond acceptors (Lipinski definition) is 4. The number of aryl methyl sites for hydroxylation is 1. The van der Waals surface area contributed by atoms with Crippen LogP contribution in [0.4, 0.5) is 10.2 Å². The lowest BCUT2D eigenvalue weighted by atomic mass is 9.98. The first kappa shape index (κ1) is 13.9. The lowest BCUT2D eigenvalue weighted by molar-refractivity contribution is 0.272. The van der Waals surface area contributed by atoms with E-state index in [1.807, 2.05) is 25.1 Å². The van der Waals surface area contributed by atoms with Crippen LogP contribution in [-0.4, -0.2) is 16.6 Å². The first-order valence-electron chi connectivity index (χ1n) is 7.62. The molecule has 1 aliphatic heterocycles. The van der Waals surface area contributed by atoms with Crippen molar-refractivity contribution in [2.45, 2.75) is 19.4 Å². The molecule has 0 unspecified atom stereocenters. The summed E-state index contributed by atoms with van der Waals surface area (Å²) in [5.74, 6) is 1.24. The molecule has 2 aromatic carbocycles. The van der Waals surface area contributed by atoms with Crippen molar-refractivity contribution in [2.75, 3.05) is 11.9 Å². The number of ether oxygens (including phenoxy) is 1. The van der Waals surface area contributed by atoms with Crippen LogP contribution in [0.3, 0.4) is 0 Å². The fourth-order valence-corrected chi connectivity index (χ4v) is 3.06. The number of nitrogens with zero attached hydrogens (tertiary/aromatic N) is 2. The minimum atomic E-state index is -0.337. The molecule has 1 aromatic heterocycles. The summed E-state index contributed by atoms with van der Waals surface area (Å²) in [5, 5.41) is 4.12. The molecule has 116 valence electrons. The number of aromatic nitrogens is 2. The fraction of sp³-hybridized carbons (Fsp3) is 0.222. The molecular formula is C18H16FN3O. The number of rotatable bonds is 2. The number of para-hydroxylation sites is 2. The number of anilines is 1. The van der Waals surface area contributed by atoms with E-state index in [2.05, 4.69) is 21.4 Å². The maximum atomic E-state index is 13.9. The zero-order chi connectivity index (χ0) is 15.8. The number of hydrogen-bond donors (Lipinski definition) is 1. The summed E-state index contributed by atoms with van der Waals surface area (Å²) in [7, 11) is 0. The van der Waals surface area contributed by atoms with Crippen LogP contribution in [-0.2, 0) is 0 Å². The highest BCUT2D eigenvalue weighted by Gasteiger charge is 2.23. The van der Waals surface area contributed by atoms with E-state index < -0.39 is 0 Å². The summed E-state index contributed by atoms with van der Waals surface area (Å²) in [5.41, 5.74) is 2.56. The third-order valence-electron chi connectivity index (χ3n) is 4.20. The fourth-order valence-electron chi connectivity index (χ4n) is 3.06. The summed E-state index contributed by atoms with van der Waals surface area (Å²) in [6, 6.07) is 11.1. The number of nitrogens with one attached hydrogen (secondary N) is 1. The number of fused-ring (bicyclic) bond motifs is 2. The first-order valence-corrected chi connectivity index (χ1v) is 7.62. The Morgan fingerprint density at radius 3 is 2.96 bits per heavy atom. The molecule has 0 aliphatic carbocycles. The van der Waals surface area contributed by atoms with Crippen molar-refractivity contribution in [3.8, 4) is 5.75 Å². The molecule has 4 rings (SSSR count). The van der Waals surface area contributed by atoms with Crippen LogP contribution in [0.1, 0.15) is 23.6 Å². The van der Waals surface area contributed by atoms with Crippen LogP contribution in [0.2, 0.25) is 0 Å². The zero-order valence-electron chi connectivity index (χ0n) is 12.7. The molecule has 23 heavy (non-hydrogen) atoms. The maximum absolute atomic E-state index is 13.9. The second-order valence-corrected chi connectivity index (χ2v) is 5.69. The third-order valence-corrected chi connectivity index (χ3v) is 4.20. The van der Waals surface area contributed by atoms with Crippen LogP contribution in [0.5, 0.6) is 5.75 Å². The van der Waals surface area contributed by atoms with Crippen LogP contribution >= 0.6 is 0 Å². The highest BCUT2D eigenvalue weighted by molar-refractivity contribution is 5.89. The van der Waals surface area contributed by atoms with E-state index in [1.165, 1.54) is 12.4 Å². The lowest BCUT2D eigenvalue weighted by Gasteiger charge is -2.28. The van der Waals surface area contributed by atoms with Gasteiger partial charge in [-0.2, -0.15) is 0 Å². The minimum Gasteiger partial charge on any atom is -0.493 e. The van der Waals surface area contributed by atoms with E-state index in [9.17, 15) is 4.39 Å². The van der Waals surface area contributed by atoms with Gasteiger partial charge in [0.15, 0.2) is 0 Å². The Hall–Kier alpha value is -2.69. The Balaban J connectivity index is 1.76. The molecule has 0 radical (unpaired) electrons. The van der Waals surface area contributed by atoms with E-state index in [1.54, 1.807) is 6.07 Å². The van der Waals surface area contributed by atoms with Gasteiger partial charge in [-0.05, 0) is 24.6 Å². The van der Waals surface area contributed by atoms with Gasteiger partial charge in [-0.1, -0.05) is 24.3 Å². The molecule has 1 atom stereocenters. The number of benzene rings is 2. The van der Waals surface area contributed by atoms with Crippen molar-refractivity contribution in [1.29, 1.82) is 0 Å². The van der Waals surface area contributed by atoms with Gasteiger partial charge in [0.05, 0.1) is 12.6 Å². The Bertz CT molecular complexity index is 881. The molecule has 0 bridgehead atoms. The van der Waals surface area contributed by atoms with Gasteiger partial charge in [-0.15, -0.1) is 0 Å². The van der Waals surface area contributed by atoms with E-state index >= 15 is 0 Å². The third kappa shape index (κ3) is 2.38. The molecule has 0 fully saturated rings. The number of halogens is 1. The topological polar surface area (TPSA) is 47.0 Å². The highest BCUT2D eigenvalue weighted by atomic mass is 19.1. The summed E-state index contributed by atoms with van der Waals surface area (Å²) in [4.78, 5) is 8.35. The van der Waals surface area contributed by atoms with E-state index in [4.69, 9.17) is 4.74 Å². The summed E-state index contributed by atoms with van der Waals surface area (Å²) < 4.78 is 19.7. The zero-order valence-corrected chi connectivity index (χ0v) is 12.7. The Morgan fingerprint density at radius 2 is 2.04 bits per heavy atom. The smallest absolute Gasteiger partial charge is 0.149 e. The van der Waals surface area contributed by atoms with Gasteiger partial charge in [0.2, 0.25) is 0 Å². The Kier molecular flexibility index (Phi) is 3.33. The normalized spacial score (nSPS) is 16.7. The second-order valence-electron chi connectivity index (χ2n) is 5.69. The van der Waals surface area contributed by atoms with Crippen LogP contribution in [0.15, 0.2) is 42.7 Å². The summed E-state index contributed by atoms with van der Waals surface area (Å²) >= 11 is 0. The molecule has 0 spiro atoms. The Labute approximate surface area is 133 Å². The van der Waals surface area contributed by atoms with Crippen LogP contribution < -0.4 is 10.1 Å². The predicted molar refractivity (Wildman–Crippen MR) is 87.2 cm³/mol. The summed E-state index contributed by atoms with van der Waals surface area (Å²) in [6.45, 7) is 2.68. The molecule has 1 N–H and O–H groups in total. The van der Waals surface area contributed by atoms with Gasteiger partial charge < -0.3 is 10.1 Å². The largest absolute Gasteiger partial charge is 0.493 e. The SMILES string of the molecule is Cc1cccc2c1OCC[C@H]2Nc1ncnc2c(F)cccc12. The second kappa shape index (κ2) is 5.50. The van der Waals surface area contributed by atoms with Gasteiger partial charge in [-0.3, -0.25) is 0 Å². The monoisotopic (exact) mass is 309 g/mol. The molecule has 4 nitrogen and oxygen atoms in total. The minimum absolute atomic E-state index is 0.0833. The van der Waals surface area contributed by atoms with Crippen molar-refractivity contribution < 1.29 is 9.13 Å². The molecule has 5 heteroatoms. The Morgan fingerprint density at radius 1 is 1.17 bits per heavy atom. The molecule has 1 aliphatic rings. The van der Waals surface area contributed by atoms with E-state index in [-0.39, 0.29) is 11.9 Å². The standard InChI is InChI=1S/C18H16FN3O/c1-11-4-2-5-12-15(8-9-23-17(11)12)22-18-13-6-3-7-14(19)16(13)20-10-21-18/h2-7,10,15H,8-9H2,1H3,(H,20,21,22)/t15-/m1/s1. The van der Waals surface area contributed by atoms with Gasteiger partial charge in [0, 0.05) is 17.4 Å². The van der Waals surface area contributed by atoms with Gasteiger partial charge in [0.1, 0.15) is 29.2 Å². The molecule has 2 heterocycles. The molecule has 3 aromatic rings.